The van der Waals surface area contributed by atoms with E-state index in [9.17, 15) is 26.7 Å². The van der Waals surface area contributed by atoms with Crippen molar-refractivity contribution in [1.29, 1.82) is 0 Å². The number of aromatic nitrogens is 5. The molecule has 228 valence electrons. The molecule has 0 atom stereocenters. The molecule has 1 fully saturated rings. The Morgan fingerprint density at radius 2 is 1.84 bits per heavy atom. The van der Waals surface area contributed by atoms with Crippen molar-refractivity contribution in [1.82, 2.24) is 29.7 Å². The van der Waals surface area contributed by atoms with Gasteiger partial charge in [0.15, 0.2) is 0 Å². The summed E-state index contributed by atoms with van der Waals surface area (Å²) >= 11 is 0. The lowest BCUT2D eigenvalue weighted by atomic mass is 10.0. The summed E-state index contributed by atoms with van der Waals surface area (Å²) < 4.78 is 77.6. The summed E-state index contributed by atoms with van der Waals surface area (Å²) in [6.07, 6.45) is -2.11. The van der Waals surface area contributed by atoms with Crippen molar-refractivity contribution in [2.45, 2.75) is 45.3 Å². The fourth-order valence-corrected chi connectivity index (χ4v) is 5.03. The van der Waals surface area contributed by atoms with Gasteiger partial charge < -0.3 is 10.1 Å². The van der Waals surface area contributed by atoms with Crippen LogP contribution in [0.5, 0.6) is 5.75 Å². The number of nitrogens with one attached hydrogen (secondary N) is 1. The second kappa shape index (κ2) is 11.4. The van der Waals surface area contributed by atoms with E-state index in [2.05, 4.69) is 20.7 Å². The summed E-state index contributed by atoms with van der Waals surface area (Å²) in [5.41, 5.74) is 2.71. The van der Waals surface area contributed by atoms with E-state index in [1.165, 1.54) is 11.8 Å². The first kappa shape index (κ1) is 30.1. The van der Waals surface area contributed by atoms with E-state index in [1.807, 2.05) is 20.9 Å². The molecule has 43 heavy (non-hydrogen) atoms. The Bertz CT molecular complexity index is 1650. The van der Waals surface area contributed by atoms with Gasteiger partial charge in [-0.1, -0.05) is 11.3 Å². The highest BCUT2D eigenvalue weighted by Gasteiger charge is 2.36. The molecular weight excluding hydrogens is 573 g/mol. The molecule has 14 heteroatoms. The lowest BCUT2D eigenvalue weighted by Crippen LogP contribution is -2.39. The maximum atomic E-state index is 13.9. The highest BCUT2D eigenvalue weighted by atomic mass is 19.4. The fourth-order valence-electron chi connectivity index (χ4n) is 5.03. The number of nitrogens with zero attached hydrogens (tertiary/aromatic N) is 6. The van der Waals surface area contributed by atoms with Crippen molar-refractivity contribution >= 4 is 11.6 Å². The van der Waals surface area contributed by atoms with Gasteiger partial charge in [0.25, 0.3) is 11.8 Å². The third-order valence-electron chi connectivity index (χ3n) is 7.65. The number of anilines is 1. The van der Waals surface area contributed by atoms with Crippen LogP contribution in [-0.4, -0.2) is 61.7 Å². The number of halogens is 5. The van der Waals surface area contributed by atoms with Crippen LogP contribution in [-0.2, 0) is 19.8 Å². The average Bonchev–Trinajstić information content (AvgIpc) is 3.56. The zero-order chi connectivity index (χ0) is 31.1. The zero-order valence-corrected chi connectivity index (χ0v) is 24.0. The summed E-state index contributed by atoms with van der Waals surface area (Å²) in [6.45, 7) is 3.71. The number of aryl methyl sites for hydroxylation is 2. The monoisotopic (exact) mass is 603 g/mol. The maximum absolute atomic E-state index is 13.9. The lowest BCUT2D eigenvalue weighted by Gasteiger charge is -2.32. The predicted molar refractivity (Wildman–Crippen MR) is 148 cm³/mol. The Hall–Kier alpha value is -4.33. The first-order chi connectivity index (χ1) is 20.3. The molecule has 1 aliphatic heterocycles. The number of hydrogen-bond acceptors (Lipinski definition) is 6. The van der Waals surface area contributed by atoms with Crippen LogP contribution in [0.1, 0.15) is 45.6 Å². The van der Waals surface area contributed by atoms with Gasteiger partial charge in [0.1, 0.15) is 11.4 Å². The molecule has 0 saturated carbocycles. The van der Waals surface area contributed by atoms with Crippen LogP contribution < -0.4 is 10.1 Å². The number of carbonyl (C=O) groups excluding carboxylic acids is 1. The number of carbonyl (C=O) groups is 1. The van der Waals surface area contributed by atoms with Crippen molar-refractivity contribution in [2.24, 2.45) is 7.05 Å². The molecule has 4 aromatic rings. The van der Waals surface area contributed by atoms with Crippen LogP contribution in [0.4, 0.5) is 27.6 Å². The predicted octanol–water partition coefficient (Wildman–Crippen LogP) is 5.80. The zero-order valence-electron chi connectivity index (χ0n) is 24.0. The highest BCUT2D eigenvalue weighted by Crippen LogP contribution is 2.39. The van der Waals surface area contributed by atoms with Gasteiger partial charge in [0.05, 0.1) is 36.4 Å². The van der Waals surface area contributed by atoms with Gasteiger partial charge >= 0.3 is 6.18 Å². The van der Waals surface area contributed by atoms with Gasteiger partial charge in [-0.15, -0.1) is 5.10 Å². The number of benzene rings is 2. The molecule has 3 heterocycles. The first-order valence-electron chi connectivity index (χ1n) is 13.5. The van der Waals surface area contributed by atoms with E-state index in [0.29, 0.717) is 11.4 Å². The molecular formula is C29H30F5N7O2. The van der Waals surface area contributed by atoms with Crippen LogP contribution in [0.25, 0.3) is 16.9 Å². The van der Waals surface area contributed by atoms with E-state index in [1.54, 1.807) is 40.2 Å². The smallest absolute Gasteiger partial charge is 0.416 e. The maximum Gasteiger partial charge on any atom is 0.416 e. The van der Waals surface area contributed by atoms with Crippen LogP contribution in [0, 0.1) is 13.8 Å². The van der Waals surface area contributed by atoms with Crippen molar-refractivity contribution < 1.29 is 31.5 Å². The number of hydrogen-bond donors (Lipinski definition) is 1. The minimum Gasteiger partial charge on any atom is -0.494 e. The van der Waals surface area contributed by atoms with Crippen LogP contribution >= 0.6 is 0 Å². The molecule has 1 amide bonds. The standard InChI is InChI=1S/C29H30F5N7O2/c1-17-5-6-19(12-25(17)41-16-24(37-38-41)22-14-35-39(3)18(22)2)27(42)36-23-13-21(29(32,33)34)11-20(26(23)43-4)15-40-9-7-28(30,31)8-10-40/h5-6,11-14,16H,7-10,15H2,1-4H3,(H,36,42). The molecule has 2 aromatic heterocycles. The summed E-state index contributed by atoms with van der Waals surface area (Å²) in [5, 5.41) is 15.2. The summed E-state index contributed by atoms with van der Waals surface area (Å²) in [5.74, 6) is -3.45. The quantitative estimate of drug-likeness (QED) is 0.269. The molecule has 0 radical (unpaired) electrons. The van der Waals surface area contributed by atoms with Crippen molar-refractivity contribution in [3.63, 3.8) is 0 Å². The molecule has 1 saturated heterocycles. The normalized spacial score (nSPS) is 15.5. The van der Waals surface area contributed by atoms with Gasteiger partial charge in [-0.25, -0.2) is 13.5 Å². The number of ether oxygens (including phenoxy) is 1. The molecule has 5 rings (SSSR count). The van der Waals surface area contributed by atoms with Crippen molar-refractivity contribution in [3.05, 3.63) is 70.7 Å². The largest absolute Gasteiger partial charge is 0.494 e. The third kappa shape index (κ3) is 6.38. The number of amides is 1. The van der Waals surface area contributed by atoms with Gasteiger partial charge in [0, 0.05) is 61.9 Å². The van der Waals surface area contributed by atoms with Crippen molar-refractivity contribution in [2.75, 3.05) is 25.5 Å². The number of piperidine rings is 1. The molecule has 2 aromatic carbocycles. The van der Waals surface area contributed by atoms with Gasteiger partial charge in [-0.3, -0.25) is 14.4 Å². The molecule has 0 spiro atoms. The average molecular weight is 604 g/mol. The Morgan fingerprint density at radius 3 is 2.47 bits per heavy atom. The number of likely N-dealkylation sites (tertiary alicyclic amines) is 1. The summed E-state index contributed by atoms with van der Waals surface area (Å²) in [7, 11) is 3.09. The Morgan fingerprint density at radius 1 is 1.12 bits per heavy atom. The number of methoxy groups -OCH3 is 1. The second-order valence-corrected chi connectivity index (χ2v) is 10.6. The highest BCUT2D eigenvalue weighted by molar-refractivity contribution is 6.05. The van der Waals surface area contributed by atoms with E-state index in [4.69, 9.17) is 4.74 Å². The van der Waals surface area contributed by atoms with Crippen LogP contribution in [0.2, 0.25) is 0 Å². The Balaban J connectivity index is 1.44. The van der Waals surface area contributed by atoms with Gasteiger partial charge in [-0.2, -0.15) is 18.3 Å². The topological polar surface area (TPSA) is 90.1 Å². The van der Waals surface area contributed by atoms with E-state index >= 15 is 0 Å². The van der Waals surface area contributed by atoms with E-state index in [-0.39, 0.29) is 55.0 Å². The number of rotatable bonds is 7. The Kier molecular flexibility index (Phi) is 7.99. The minimum atomic E-state index is -4.72. The first-order valence-corrected chi connectivity index (χ1v) is 13.5. The second-order valence-electron chi connectivity index (χ2n) is 10.6. The van der Waals surface area contributed by atoms with Crippen molar-refractivity contribution in [3.8, 4) is 22.7 Å². The SMILES string of the molecule is COc1c(CN2CCC(F)(F)CC2)cc(C(F)(F)F)cc1NC(=O)c1ccc(C)c(-n2cc(-c3cnn(C)c3C)nn2)c1. The molecule has 1 N–H and O–H groups in total. The fraction of sp³-hybridized carbons (Fsp3) is 0.379. The van der Waals surface area contributed by atoms with E-state index in [0.717, 1.165) is 29.0 Å². The molecule has 0 aliphatic carbocycles. The molecule has 0 bridgehead atoms. The molecule has 1 aliphatic rings. The third-order valence-corrected chi connectivity index (χ3v) is 7.65. The Labute approximate surface area is 244 Å². The lowest BCUT2D eigenvalue weighted by molar-refractivity contribution is -0.137. The van der Waals surface area contributed by atoms with Gasteiger partial charge in [-0.05, 0) is 43.7 Å². The summed E-state index contributed by atoms with van der Waals surface area (Å²) in [4.78, 5) is 15.0. The number of alkyl halides is 5. The molecule has 0 unspecified atom stereocenters. The minimum absolute atomic E-state index is 0.0184. The molecule has 9 nitrogen and oxygen atoms in total. The summed E-state index contributed by atoms with van der Waals surface area (Å²) in [6, 6.07) is 6.54. The van der Waals surface area contributed by atoms with Crippen LogP contribution in [0.15, 0.2) is 42.7 Å². The van der Waals surface area contributed by atoms with Gasteiger partial charge in [0.2, 0.25) is 0 Å². The van der Waals surface area contributed by atoms with Crippen LogP contribution in [0.3, 0.4) is 0 Å². The van der Waals surface area contributed by atoms with E-state index < -0.39 is 23.6 Å².